The van der Waals surface area contributed by atoms with Crippen LogP contribution in [0.3, 0.4) is 0 Å². The molecule has 2 aromatic rings. The molecule has 2 aromatic heterocycles. The fourth-order valence-electron chi connectivity index (χ4n) is 3.03. The minimum atomic E-state index is -0.327. The van der Waals surface area contributed by atoms with E-state index in [9.17, 15) is 0 Å². The van der Waals surface area contributed by atoms with Gasteiger partial charge in [-0.15, -0.1) is 10.2 Å². The smallest absolute Gasteiger partial charge is 0.160 e. The molecule has 1 fully saturated rings. The zero-order chi connectivity index (χ0) is 13.5. The van der Waals surface area contributed by atoms with Gasteiger partial charge < -0.3 is 5.73 Å². The third-order valence-electron chi connectivity index (χ3n) is 4.39. The number of rotatable bonds is 2. The third kappa shape index (κ3) is 2.30. The number of halogens is 1. The highest BCUT2D eigenvalue weighted by Crippen LogP contribution is 2.38. The standard InChI is InChI=1S/C14H19BrN4/c1-2-10-5-7-14(16,8-6-10)13-18-17-12-4-3-11(15)9-19(12)13/h3-4,9-10H,2,5-8,16H2,1H3. The van der Waals surface area contributed by atoms with E-state index in [2.05, 4.69) is 33.1 Å². The van der Waals surface area contributed by atoms with Gasteiger partial charge in [0.25, 0.3) is 0 Å². The van der Waals surface area contributed by atoms with Gasteiger partial charge in [0.05, 0.1) is 5.54 Å². The summed E-state index contributed by atoms with van der Waals surface area (Å²) in [6, 6.07) is 3.94. The predicted molar refractivity (Wildman–Crippen MR) is 78.8 cm³/mol. The zero-order valence-electron chi connectivity index (χ0n) is 11.1. The number of hydrogen-bond acceptors (Lipinski definition) is 3. The van der Waals surface area contributed by atoms with Crippen molar-refractivity contribution < 1.29 is 0 Å². The second kappa shape index (κ2) is 4.87. The van der Waals surface area contributed by atoms with Crippen LogP contribution in [0.5, 0.6) is 0 Å². The van der Waals surface area contributed by atoms with E-state index >= 15 is 0 Å². The second-order valence-corrected chi connectivity index (χ2v) is 6.52. The topological polar surface area (TPSA) is 56.2 Å². The zero-order valence-corrected chi connectivity index (χ0v) is 12.7. The number of nitrogens with zero attached hydrogens (tertiary/aromatic N) is 3. The molecule has 0 radical (unpaired) electrons. The van der Waals surface area contributed by atoms with Gasteiger partial charge in [0, 0.05) is 10.7 Å². The van der Waals surface area contributed by atoms with Crippen molar-refractivity contribution >= 4 is 21.6 Å². The van der Waals surface area contributed by atoms with Gasteiger partial charge in [0.1, 0.15) is 0 Å². The molecule has 1 aliphatic rings. The molecular weight excluding hydrogens is 304 g/mol. The van der Waals surface area contributed by atoms with Gasteiger partial charge in [-0.25, -0.2) is 0 Å². The van der Waals surface area contributed by atoms with Gasteiger partial charge in [-0.1, -0.05) is 13.3 Å². The number of hydrogen-bond donors (Lipinski definition) is 1. The molecule has 3 rings (SSSR count). The van der Waals surface area contributed by atoms with Crippen LogP contribution in [0.1, 0.15) is 44.9 Å². The molecule has 2 N–H and O–H groups in total. The first-order valence-corrected chi connectivity index (χ1v) is 7.71. The lowest BCUT2D eigenvalue weighted by molar-refractivity contribution is 0.220. The summed E-state index contributed by atoms with van der Waals surface area (Å²) in [5.74, 6) is 1.72. The molecule has 0 unspecified atom stereocenters. The number of fused-ring (bicyclic) bond motifs is 1. The Bertz CT molecular complexity index is 584. The molecule has 0 aliphatic heterocycles. The van der Waals surface area contributed by atoms with Gasteiger partial charge in [-0.3, -0.25) is 4.40 Å². The molecule has 0 bridgehead atoms. The molecule has 5 heteroatoms. The molecule has 4 nitrogen and oxygen atoms in total. The molecule has 2 heterocycles. The van der Waals surface area contributed by atoms with Gasteiger partial charge >= 0.3 is 0 Å². The Morgan fingerprint density at radius 1 is 1.37 bits per heavy atom. The molecule has 102 valence electrons. The van der Waals surface area contributed by atoms with Crippen molar-refractivity contribution in [2.45, 2.75) is 44.6 Å². The van der Waals surface area contributed by atoms with Crippen LogP contribution in [-0.2, 0) is 5.54 Å². The lowest BCUT2D eigenvalue weighted by atomic mass is 9.76. The van der Waals surface area contributed by atoms with Gasteiger partial charge in [-0.2, -0.15) is 0 Å². The molecule has 0 aromatic carbocycles. The van der Waals surface area contributed by atoms with E-state index in [1.54, 1.807) is 0 Å². The Morgan fingerprint density at radius 2 is 2.11 bits per heavy atom. The molecule has 0 spiro atoms. The predicted octanol–water partition coefficient (Wildman–Crippen LogP) is 3.25. The average molecular weight is 323 g/mol. The van der Waals surface area contributed by atoms with Crippen molar-refractivity contribution in [1.82, 2.24) is 14.6 Å². The largest absolute Gasteiger partial charge is 0.319 e. The lowest BCUT2D eigenvalue weighted by Gasteiger charge is -2.35. The van der Waals surface area contributed by atoms with Crippen LogP contribution in [0, 0.1) is 5.92 Å². The normalized spacial score (nSPS) is 27.8. The van der Waals surface area contributed by atoms with Gasteiger partial charge in [0.2, 0.25) is 0 Å². The van der Waals surface area contributed by atoms with E-state index in [0.29, 0.717) is 0 Å². The molecule has 1 saturated carbocycles. The van der Waals surface area contributed by atoms with Crippen molar-refractivity contribution in [3.63, 3.8) is 0 Å². The monoisotopic (exact) mass is 322 g/mol. The molecular formula is C14H19BrN4. The fourth-order valence-corrected chi connectivity index (χ4v) is 3.37. The Balaban J connectivity index is 1.97. The van der Waals surface area contributed by atoms with Crippen molar-refractivity contribution in [1.29, 1.82) is 0 Å². The van der Waals surface area contributed by atoms with Crippen LogP contribution in [0.15, 0.2) is 22.8 Å². The number of aromatic nitrogens is 3. The third-order valence-corrected chi connectivity index (χ3v) is 4.86. The van der Waals surface area contributed by atoms with E-state index in [0.717, 1.165) is 34.7 Å². The Labute approximate surface area is 121 Å². The van der Waals surface area contributed by atoms with Crippen molar-refractivity contribution in [3.05, 3.63) is 28.6 Å². The molecule has 1 aliphatic carbocycles. The maximum absolute atomic E-state index is 6.62. The van der Waals surface area contributed by atoms with E-state index in [4.69, 9.17) is 5.73 Å². The van der Waals surface area contributed by atoms with E-state index < -0.39 is 0 Å². The Morgan fingerprint density at radius 3 is 2.79 bits per heavy atom. The van der Waals surface area contributed by atoms with Crippen LogP contribution >= 0.6 is 15.9 Å². The van der Waals surface area contributed by atoms with Crippen molar-refractivity contribution in [2.75, 3.05) is 0 Å². The van der Waals surface area contributed by atoms with Crippen LogP contribution in [0.2, 0.25) is 0 Å². The van der Waals surface area contributed by atoms with E-state index in [1.165, 1.54) is 19.3 Å². The molecule has 0 atom stereocenters. The molecule has 19 heavy (non-hydrogen) atoms. The summed E-state index contributed by atoms with van der Waals surface area (Å²) in [6.45, 7) is 2.26. The second-order valence-electron chi connectivity index (χ2n) is 5.61. The minimum Gasteiger partial charge on any atom is -0.319 e. The summed E-state index contributed by atoms with van der Waals surface area (Å²) in [6.07, 6.45) is 7.64. The van der Waals surface area contributed by atoms with E-state index in [-0.39, 0.29) is 5.54 Å². The summed E-state index contributed by atoms with van der Waals surface area (Å²) in [4.78, 5) is 0. The SMILES string of the molecule is CCC1CCC(N)(c2nnc3ccc(Br)cn23)CC1. The summed E-state index contributed by atoms with van der Waals surface area (Å²) in [5.41, 5.74) is 7.15. The maximum atomic E-state index is 6.62. The molecule has 0 saturated heterocycles. The Hall–Kier alpha value is -0.940. The van der Waals surface area contributed by atoms with Crippen LogP contribution < -0.4 is 5.73 Å². The van der Waals surface area contributed by atoms with E-state index in [1.807, 2.05) is 22.7 Å². The first kappa shape index (κ1) is 13.1. The average Bonchev–Trinajstić information content (AvgIpc) is 2.83. The quantitative estimate of drug-likeness (QED) is 0.923. The molecule has 0 amide bonds. The van der Waals surface area contributed by atoms with Crippen molar-refractivity contribution in [2.24, 2.45) is 11.7 Å². The maximum Gasteiger partial charge on any atom is 0.160 e. The van der Waals surface area contributed by atoms with Gasteiger partial charge in [0.15, 0.2) is 11.5 Å². The minimum absolute atomic E-state index is 0.327. The fraction of sp³-hybridized carbons (Fsp3) is 0.571. The van der Waals surface area contributed by atoms with Crippen LogP contribution in [-0.4, -0.2) is 14.6 Å². The first-order chi connectivity index (χ1) is 9.12. The Kier molecular flexibility index (Phi) is 3.35. The summed E-state index contributed by atoms with van der Waals surface area (Å²) in [7, 11) is 0. The number of pyridine rings is 1. The van der Waals surface area contributed by atoms with Crippen LogP contribution in [0.4, 0.5) is 0 Å². The number of nitrogens with two attached hydrogens (primary N) is 1. The van der Waals surface area contributed by atoms with Crippen LogP contribution in [0.25, 0.3) is 5.65 Å². The highest BCUT2D eigenvalue weighted by atomic mass is 79.9. The van der Waals surface area contributed by atoms with Gasteiger partial charge in [-0.05, 0) is 59.7 Å². The summed E-state index contributed by atoms with van der Waals surface area (Å²) >= 11 is 3.50. The van der Waals surface area contributed by atoms with Crippen molar-refractivity contribution in [3.8, 4) is 0 Å². The lowest BCUT2D eigenvalue weighted by Crippen LogP contribution is -2.42. The highest BCUT2D eigenvalue weighted by Gasteiger charge is 2.36. The summed E-state index contributed by atoms with van der Waals surface area (Å²) < 4.78 is 3.04. The first-order valence-electron chi connectivity index (χ1n) is 6.92. The highest BCUT2D eigenvalue weighted by molar-refractivity contribution is 9.10. The summed E-state index contributed by atoms with van der Waals surface area (Å²) in [5, 5.41) is 8.58.